The minimum Gasteiger partial charge on any atom is -0.487 e. The molecule has 6 nitrogen and oxygen atoms in total. The van der Waals surface area contributed by atoms with Gasteiger partial charge in [0.05, 0.1) is 5.02 Å². The van der Waals surface area contributed by atoms with Crippen LogP contribution in [0.3, 0.4) is 0 Å². The van der Waals surface area contributed by atoms with Gasteiger partial charge < -0.3 is 9.47 Å². The smallest absolute Gasteiger partial charge is 0.182 e. The lowest BCUT2D eigenvalue weighted by Gasteiger charge is -2.10. The van der Waals surface area contributed by atoms with Crippen molar-refractivity contribution in [3.8, 4) is 33.8 Å². The van der Waals surface area contributed by atoms with Crippen LogP contribution in [0.25, 0.3) is 22.3 Å². The average Bonchev–Trinajstić information content (AvgIpc) is 2.96. The van der Waals surface area contributed by atoms with Gasteiger partial charge in [0.15, 0.2) is 37.9 Å². The van der Waals surface area contributed by atoms with Gasteiger partial charge in [-0.05, 0) is 58.7 Å². The van der Waals surface area contributed by atoms with E-state index < -0.39 is 0 Å². The van der Waals surface area contributed by atoms with Crippen molar-refractivity contribution < 1.29 is 18.6 Å². The van der Waals surface area contributed by atoms with Gasteiger partial charge in [0.2, 0.25) is 0 Å². The summed E-state index contributed by atoms with van der Waals surface area (Å²) >= 11 is 6.36. The summed E-state index contributed by atoms with van der Waals surface area (Å²) in [4.78, 5) is 8.14. The Hall–Kier alpha value is -4.29. The Labute approximate surface area is 221 Å². The van der Waals surface area contributed by atoms with Gasteiger partial charge >= 0.3 is 0 Å². The Morgan fingerprint density at radius 3 is 1.54 bits per heavy atom. The zero-order chi connectivity index (χ0) is 25.3. The van der Waals surface area contributed by atoms with E-state index in [1.165, 1.54) is 0 Å². The Balaban J connectivity index is 1.10. The van der Waals surface area contributed by atoms with Gasteiger partial charge in [0.25, 0.3) is 0 Å². The van der Waals surface area contributed by atoms with Crippen molar-refractivity contribution in [2.45, 2.75) is 13.1 Å². The van der Waals surface area contributed by atoms with Gasteiger partial charge in [0.1, 0.15) is 24.7 Å². The third-order valence-electron chi connectivity index (χ3n) is 5.94. The largest absolute Gasteiger partial charge is 0.487 e. The number of nitrogens with zero attached hydrogens (tertiary/aromatic N) is 4. The Morgan fingerprint density at radius 2 is 1.03 bits per heavy atom. The molecule has 7 heteroatoms. The van der Waals surface area contributed by atoms with E-state index >= 15 is 0 Å². The van der Waals surface area contributed by atoms with Crippen LogP contribution in [0.15, 0.2) is 116 Å². The first-order valence-corrected chi connectivity index (χ1v) is 12.5. The van der Waals surface area contributed by atoms with E-state index in [-0.39, 0.29) is 0 Å². The number of aromatic nitrogens is 4. The lowest BCUT2D eigenvalue weighted by atomic mass is 10.1. The summed E-state index contributed by atoms with van der Waals surface area (Å²) in [5.74, 6) is 1.34. The molecule has 184 valence electrons. The Bertz CT molecular complexity index is 1410. The van der Waals surface area contributed by atoms with Gasteiger partial charge in [-0.2, -0.15) is 0 Å². The minimum absolute atomic E-state index is 0.488. The minimum atomic E-state index is 0.488. The fourth-order valence-corrected chi connectivity index (χ4v) is 4.07. The summed E-state index contributed by atoms with van der Waals surface area (Å²) in [6.07, 6.45) is 15.4. The van der Waals surface area contributed by atoms with E-state index in [0.717, 1.165) is 34.5 Å². The summed E-state index contributed by atoms with van der Waals surface area (Å²) in [7, 11) is 0. The predicted octanol–water partition coefficient (Wildman–Crippen LogP) is 5.20. The molecule has 0 aliphatic heterocycles. The zero-order valence-corrected chi connectivity index (χ0v) is 21.0. The maximum Gasteiger partial charge on any atom is 0.182 e. The molecule has 4 heterocycles. The van der Waals surface area contributed by atoms with E-state index in [2.05, 4.69) is 55.8 Å². The molecule has 37 heavy (non-hydrogen) atoms. The molecule has 0 fully saturated rings. The second-order valence-electron chi connectivity index (χ2n) is 8.41. The first-order chi connectivity index (χ1) is 18.2. The van der Waals surface area contributed by atoms with Crippen molar-refractivity contribution in [3.63, 3.8) is 0 Å². The van der Waals surface area contributed by atoms with Crippen LogP contribution in [0.2, 0.25) is 5.02 Å². The fraction of sp³-hybridized carbons (Fsp3) is 0.133. The van der Waals surface area contributed by atoms with Crippen LogP contribution in [0.4, 0.5) is 0 Å². The molecular weight excluding hydrogens is 484 g/mol. The number of hydrogen-bond acceptors (Lipinski definition) is 4. The molecule has 5 aromatic rings. The van der Waals surface area contributed by atoms with Crippen LogP contribution < -0.4 is 18.6 Å². The van der Waals surface area contributed by atoms with E-state index in [1.54, 1.807) is 30.9 Å². The van der Waals surface area contributed by atoms with E-state index in [0.29, 0.717) is 30.5 Å². The van der Waals surface area contributed by atoms with Crippen molar-refractivity contribution >= 4 is 11.6 Å². The van der Waals surface area contributed by atoms with Gasteiger partial charge in [-0.25, -0.2) is 9.13 Å². The maximum absolute atomic E-state index is 6.36. The number of rotatable bonds is 10. The maximum atomic E-state index is 6.36. The van der Waals surface area contributed by atoms with Crippen molar-refractivity contribution in [2.24, 2.45) is 0 Å². The highest BCUT2D eigenvalue weighted by atomic mass is 35.5. The average molecular weight is 511 g/mol. The van der Waals surface area contributed by atoms with Crippen molar-refractivity contribution in [2.75, 3.05) is 13.2 Å². The van der Waals surface area contributed by atoms with Crippen molar-refractivity contribution in [1.29, 1.82) is 0 Å². The predicted molar refractivity (Wildman–Crippen MR) is 142 cm³/mol. The molecule has 0 saturated heterocycles. The molecule has 5 rings (SSSR count). The highest BCUT2D eigenvalue weighted by molar-refractivity contribution is 6.32. The molecule has 4 aromatic heterocycles. The normalized spacial score (nSPS) is 10.7. The third-order valence-corrected chi connectivity index (χ3v) is 6.25. The highest BCUT2D eigenvalue weighted by Gasteiger charge is 2.09. The summed E-state index contributed by atoms with van der Waals surface area (Å²) in [5.41, 5.74) is 4.59. The molecule has 0 bridgehead atoms. The molecule has 0 aliphatic rings. The number of hydrogen-bond donors (Lipinski definition) is 0. The van der Waals surface area contributed by atoms with Crippen LogP contribution in [0, 0.1) is 0 Å². The SMILES string of the molecule is Clc1ccc(OCC[n+]2ccc(-c3ccncc3)cc2)cc1OCC[n+]1ccc(-c2ccncc2)cc1. The quantitative estimate of drug-likeness (QED) is 0.242. The number of pyridine rings is 4. The molecular formula is C30H27ClN4O2+2. The molecule has 1 aromatic carbocycles. The van der Waals surface area contributed by atoms with Crippen LogP contribution in [0.1, 0.15) is 0 Å². The first-order valence-electron chi connectivity index (χ1n) is 12.1. The van der Waals surface area contributed by atoms with Gasteiger partial charge in [-0.1, -0.05) is 11.6 Å². The number of benzene rings is 1. The molecule has 0 radical (unpaired) electrons. The van der Waals surface area contributed by atoms with Crippen LogP contribution in [-0.4, -0.2) is 23.2 Å². The monoisotopic (exact) mass is 510 g/mol. The molecule has 0 aliphatic carbocycles. The van der Waals surface area contributed by atoms with E-state index in [1.807, 2.05) is 48.8 Å². The first kappa shape index (κ1) is 24.4. The molecule has 0 amide bonds. The van der Waals surface area contributed by atoms with Gasteiger partial charge in [-0.15, -0.1) is 0 Å². The molecule has 0 spiro atoms. The van der Waals surface area contributed by atoms with Crippen molar-refractivity contribution in [3.05, 3.63) is 121 Å². The zero-order valence-electron chi connectivity index (χ0n) is 20.3. The fourth-order valence-electron chi connectivity index (χ4n) is 3.90. The highest BCUT2D eigenvalue weighted by Crippen LogP contribution is 2.29. The topological polar surface area (TPSA) is 52.0 Å². The second-order valence-corrected chi connectivity index (χ2v) is 8.82. The molecule has 0 N–H and O–H groups in total. The van der Waals surface area contributed by atoms with E-state index in [9.17, 15) is 0 Å². The molecule has 0 unspecified atom stereocenters. The van der Waals surface area contributed by atoms with Gasteiger partial charge in [-0.3, -0.25) is 9.97 Å². The summed E-state index contributed by atoms with van der Waals surface area (Å²) < 4.78 is 16.1. The summed E-state index contributed by atoms with van der Waals surface area (Å²) in [6, 6.07) is 21.9. The lowest BCUT2D eigenvalue weighted by molar-refractivity contribution is -0.697. The Morgan fingerprint density at radius 1 is 0.568 bits per heavy atom. The molecule has 0 saturated carbocycles. The standard InChI is InChI=1S/C30H27ClN4O2/c31-29-2-1-28(36-21-19-34-15-7-26(8-16-34)24-3-11-32-12-4-24)23-30(29)37-22-20-35-17-9-27(10-18-35)25-5-13-33-14-6-25/h1-18,23H,19-22H2/q+2. The third kappa shape index (κ3) is 6.68. The van der Waals surface area contributed by atoms with Gasteiger partial charge in [0, 0.05) is 55.1 Å². The number of halogens is 1. The van der Waals surface area contributed by atoms with Crippen LogP contribution >= 0.6 is 11.6 Å². The summed E-state index contributed by atoms with van der Waals surface area (Å²) in [5, 5.41) is 0.562. The van der Waals surface area contributed by atoms with Crippen LogP contribution in [0.5, 0.6) is 11.5 Å². The van der Waals surface area contributed by atoms with E-state index in [4.69, 9.17) is 21.1 Å². The van der Waals surface area contributed by atoms with Crippen LogP contribution in [-0.2, 0) is 13.1 Å². The second kappa shape index (κ2) is 12.1. The Kier molecular flexibility index (Phi) is 7.98. The molecule has 0 atom stereocenters. The number of ether oxygens (including phenoxy) is 2. The summed E-state index contributed by atoms with van der Waals surface area (Å²) in [6.45, 7) is 2.44. The van der Waals surface area contributed by atoms with Crippen molar-refractivity contribution in [1.82, 2.24) is 9.97 Å². The lowest BCUT2D eigenvalue weighted by Crippen LogP contribution is -2.35.